The Morgan fingerprint density at radius 1 is 0.812 bits per heavy atom. The van der Waals surface area contributed by atoms with E-state index in [-0.39, 0.29) is 30.9 Å². The van der Waals surface area contributed by atoms with Crippen LogP contribution >= 0.6 is 0 Å². The molecule has 1 fully saturated rings. The normalized spacial score (nSPS) is 18.5. The predicted molar refractivity (Wildman–Crippen MR) is 191 cm³/mol. The van der Waals surface area contributed by atoms with Crippen molar-refractivity contribution in [2.75, 3.05) is 20.1 Å². The SMILES string of the molecule is CCNC(=O)NCc1cccc(-c2cccc(C3OC(CN(C)C(C)c4ccc5ccccc5c4)CC(c4ccc(CO)cc4)O3)c2)c1. The van der Waals surface area contributed by atoms with Crippen LogP contribution in [0.3, 0.4) is 0 Å². The van der Waals surface area contributed by atoms with E-state index < -0.39 is 6.29 Å². The van der Waals surface area contributed by atoms with Crippen molar-refractivity contribution in [3.63, 3.8) is 0 Å². The summed E-state index contributed by atoms with van der Waals surface area (Å²) < 4.78 is 13.4. The van der Waals surface area contributed by atoms with Crippen molar-refractivity contribution in [2.24, 2.45) is 0 Å². The molecular weight excluding hydrogens is 598 g/mol. The van der Waals surface area contributed by atoms with Gasteiger partial charge in [-0.2, -0.15) is 0 Å². The molecule has 2 amide bonds. The number of benzene rings is 5. The lowest BCUT2D eigenvalue weighted by Crippen LogP contribution is -2.38. The molecule has 0 aliphatic carbocycles. The molecule has 5 aromatic carbocycles. The zero-order valence-electron chi connectivity index (χ0n) is 27.9. The maximum absolute atomic E-state index is 11.9. The number of nitrogens with zero attached hydrogens (tertiary/aromatic N) is 1. The number of fused-ring (bicyclic) bond motifs is 1. The lowest BCUT2D eigenvalue weighted by Gasteiger charge is -2.39. The minimum Gasteiger partial charge on any atom is -0.392 e. The molecule has 0 bridgehead atoms. The number of rotatable bonds is 11. The number of urea groups is 1. The molecule has 1 aliphatic heterocycles. The van der Waals surface area contributed by atoms with Crippen LogP contribution < -0.4 is 10.6 Å². The Morgan fingerprint density at radius 3 is 2.33 bits per heavy atom. The lowest BCUT2D eigenvalue weighted by atomic mass is 9.97. The highest BCUT2D eigenvalue weighted by atomic mass is 16.7. The highest BCUT2D eigenvalue weighted by molar-refractivity contribution is 5.83. The number of likely N-dealkylation sites (N-methyl/N-ethyl adjacent to an activating group) is 1. The number of aliphatic hydroxyl groups is 1. The van der Waals surface area contributed by atoms with E-state index in [2.05, 4.69) is 102 Å². The van der Waals surface area contributed by atoms with Crippen LogP contribution in [0.25, 0.3) is 21.9 Å². The van der Waals surface area contributed by atoms with E-state index in [4.69, 9.17) is 9.47 Å². The Morgan fingerprint density at radius 2 is 1.56 bits per heavy atom. The average Bonchev–Trinajstić information content (AvgIpc) is 3.13. The third-order valence-electron chi connectivity index (χ3n) is 9.23. The maximum Gasteiger partial charge on any atom is 0.315 e. The molecule has 5 aromatic rings. The molecule has 6 rings (SSSR count). The van der Waals surface area contributed by atoms with Gasteiger partial charge in [-0.3, -0.25) is 4.90 Å². The number of nitrogens with one attached hydrogen (secondary N) is 2. The van der Waals surface area contributed by atoms with Crippen molar-refractivity contribution >= 4 is 16.8 Å². The molecule has 7 heteroatoms. The van der Waals surface area contributed by atoms with Gasteiger partial charge in [0.1, 0.15) is 0 Å². The van der Waals surface area contributed by atoms with Crippen LogP contribution in [-0.2, 0) is 22.6 Å². The Bertz CT molecular complexity index is 1820. The van der Waals surface area contributed by atoms with Crippen LogP contribution in [0.15, 0.2) is 115 Å². The van der Waals surface area contributed by atoms with Gasteiger partial charge in [-0.15, -0.1) is 0 Å². The van der Waals surface area contributed by atoms with Crippen LogP contribution in [0.1, 0.15) is 66.5 Å². The second-order valence-corrected chi connectivity index (χ2v) is 12.6. The molecule has 1 saturated heterocycles. The van der Waals surface area contributed by atoms with E-state index in [1.807, 2.05) is 49.4 Å². The fourth-order valence-corrected chi connectivity index (χ4v) is 6.37. The molecule has 0 aromatic heterocycles. The summed E-state index contributed by atoms with van der Waals surface area (Å²) in [6.45, 7) is 5.91. The van der Waals surface area contributed by atoms with Crippen molar-refractivity contribution in [3.05, 3.63) is 143 Å². The van der Waals surface area contributed by atoms with Crippen LogP contribution in [0.5, 0.6) is 0 Å². The molecule has 0 radical (unpaired) electrons. The molecule has 7 nitrogen and oxygen atoms in total. The Kier molecular flexibility index (Phi) is 10.8. The van der Waals surface area contributed by atoms with Gasteiger partial charge in [-0.05, 0) is 83.2 Å². The van der Waals surface area contributed by atoms with Crippen LogP contribution in [0, 0.1) is 0 Å². The highest BCUT2D eigenvalue weighted by Gasteiger charge is 2.33. The molecule has 0 saturated carbocycles. The van der Waals surface area contributed by atoms with Gasteiger partial charge in [0, 0.05) is 37.7 Å². The molecule has 3 N–H and O–H groups in total. The fraction of sp³-hybridized carbons (Fsp3) is 0.293. The van der Waals surface area contributed by atoms with Crippen molar-refractivity contribution < 1.29 is 19.4 Å². The van der Waals surface area contributed by atoms with Gasteiger partial charge >= 0.3 is 6.03 Å². The van der Waals surface area contributed by atoms with Gasteiger partial charge in [0.2, 0.25) is 0 Å². The van der Waals surface area contributed by atoms with Gasteiger partial charge in [0.05, 0.1) is 18.8 Å². The first-order valence-electron chi connectivity index (χ1n) is 16.8. The number of amides is 2. The summed E-state index contributed by atoms with van der Waals surface area (Å²) in [5.74, 6) is 0. The minimum absolute atomic E-state index is 0.00755. The van der Waals surface area contributed by atoms with Gasteiger partial charge < -0.3 is 25.2 Å². The summed E-state index contributed by atoms with van der Waals surface area (Å²) in [5.41, 5.74) is 7.28. The number of hydrogen-bond donors (Lipinski definition) is 3. The second-order valence-electron chi connectivity index (χ2n) is 12.6. The summed E-state index contributed by atoms with van der Waals surface area (Å²) >= 11 is 0. The monoisotopic (exact) mass is 643 g/mol. The molecule has 0 spiro atoms. The number of hydrogen-bond acceptors (Lipinski definition) is 5. The number of carbonyl (C=O) groups excluding carboxylic acids is 1. The van der Waals surface area contributed by atoms with E-state index in [0.29, 0.717) is 19.5 Å². The fourth-order valence-electron chi connectivity index (χ4n) is 6.37. The number of ether oxygens (including phenoxy) is 2. The smallest absolute Gasteiger partial charge is 0.315 e. The third kappa shape index (κ3) is 8.12. The number of carbonyl (C=O) groups is 1. The van der Waals surface area contributed by atoms with E-state index in [1.54, 1.807) is 0 Å². The van der Waals surface area contributed by atoms with Gasteiger partial charge in [0.25, 0.3) is 0 Å². The minimum atomic E-state index is -0.557. The third-order valence-corrected chi connectivity index (χ3v) is 9.23. The van der Waals surface area contributed by atoms with Crippen molar-refractivity contribution in [3.8, 4) is 11.1 Å². The highest BCUT2D eigenvalue weighted by Crippen LogP contribution is 2.39. The topological polar surface area (TPSA) is 83.1 Å². The Hall–Kier alpha value is -4.53. The second kappa shape index (κ2) is 15.6. The molecule has 1 heterocycles. The van der Waals surface area contributed by atoms with Gasteiger partial charge in [0.15, 0.2) is 6.29 Å². The molecular formula is C41H45N3O4. The van der Waals surface area contributed by atoms with E-state index in [1.165, 1.54) is 16.3 Å². The van der Waals surface area contributed by atoms with Gasteiger partial charge in [-0.1, -0.05) is 97.1 Å². The Labute approximate surface area is 283 Å². The van der Waals surface area contributed by atoms with E-state index in [0.717, 1.165) is 39.9 Å². The summed E-state index contributed by atoms with van der Waals surface area (Å²) in [7, 11) is 2.16. The maximum atomic E-state index is 11.9. The quantitative estimate of drug-likeness (QED) is 0.136. The molecule has 1 aliphatic rings. The van der Waals surface area contributed by atoms with Crippen LogP contribution in [0.4, 0.5) is 4.79 Å². The first kappa shape index (κ1) is 33.4. The Balaban J connectivity index is 1.22. The summed E-state index contributed by atoms with van der Waals surface area (Å²) in [4.78, 5) is 14.3. The molecule has 48 heavy (non-hydrogen) atoms. The first-order chi connectivity index (χ1) is 23.4. The summed E-state index contributed by atoms with van der Waals surface area (Å²) in [6, 6.07) is 39.7. The molecule has 248 valence electrons. The van der Waals surface area contributed by atoms with E-state index in [9.17, 15) is 9.90 Å². The van der Waals surface area contributed by atoms with E-state index >= 15 is 0 Å². The van der Waals surface area contributed by atoms with Gasteiger partial charge in [-0.25, -0.2) is 4.79 Å². The van der Waals surface area contributed by atoms with Crippen LogP contribution in [0.2, 0.25) is 0 Å². The molecule has 4 unspecified atom stereocenters. The van der Waals surface area contributed by atoms with Crippen molar-refractivity contribution in [2.45, 2.75) is 58.0 Å². The largest absolute Gasteiger partial charge is 0.392 e. The zero-order valence-corrected chi connectivity index (χ0v) is 27.9. The zero-order chi connectivity index (χ0) is 33.5. The standard InChI is InChI=1S/C41H45N3O4/c1-4-42-41(46)43-25-30-9-7-12-34(21-30)36-13-8-14-37(23-36)40-47-38(24-39(48-40)32-17-15-29(27-45)16-18-32)26-44(3)28(2)33-20-19-31-10-5-6-11-35(31)22-33/h5-23,28,38-40,45H,4,24-27H2,1-3H3,(H2,42,43,46). The summed E-state index contributed by atoms with van der Waals surface area (Å²) in [6.07, 6.45) is -0.0905. The van der Waals surface area contributed by atoms with Crippen molar-refractivity contribution in [1.29, 1.82) is 0 Å². The summed E-state index contributed by atoms with van der Waals surface area (Å²) in [5, 5.41) is 17.8. The van der Waals surface area contributed by atoms with Crippen LogP contribution in [-0.4, -0.2) is 42.3 Å². The average molecular weight is 644 g/mol. The van der Waals surface area contributed by atoms with Crippen molar-refractivity contribution in [1.82, 2.24) is 15.5 Å². The lowest BCUT2D eigenvalue weighted by molar-refractivity contribution is -0.253. The molecule has 4 atom stereocenters. The number of aliphatic hydroxyl groups excluding tert-OH is 1. The predicted octanol–water partition coefficient (Wildman–Crippen LogP) is 8.06. The first-order valence-corrected chi connectivity index (χ1v) is 16.8.